The van der Waals surface area contributed by atoms with Crippen LogP contribution in [0, 0.1) is 0 Å². The van der Waals surface area contributed by atoms with Gasteiger partial charge < -0.3 is 0 Å². The fourth-order valence-corrected chi connectivity index (χ4v) is 2.11. The van der Waals surface area contributed by atoms with Crippen LogP contribution in [0.5, 0.6) is 0 Å². The van der Waals surface area contributed by atoms with Crippen molar-refractivity contribution in [3.05, 3.63) is 28.0 Å². The Bertz CT molecular complexity index is 420. The van der Waals surface area contributed by atoms with Crippen LogP contribution in [0.15, 0.2) is 12.1 Å². The molecule has 1 saturated carbocycles. The van der Waals surface area contributed by atoms with Crippen molar-refractivity contribution < 1.29 is 9.63 Å². The Kier molecular flexibility index (Phi) is 4.20. The smallest absolute Gasteiger partial charge is 0.270 e. The minimum atomic E-state index is -0.468. The molecule has 1 aromatic rings. The third-order valence-electron chi connectivity index (χ3n) is 2.65. The van der Waals surface area contributed by atoms with E-state index in [9.17, 15) is 4.79 Å². The Morgan fingerprint density at radius 1 is 1.35 bits per heavy atom. The lowest BCUT2D eigenvalue weighted by molar-refractivity contribution is -0.0127. The number of carbonyl (C=O) groups excluding carboxylic acids is 1. The van der Waals surface area contributed by atoms with Crippen LogP contribution in [-0.2, 0) is 4.84 Å². The van der Waals surface area contributed by atoms with E-state index in [-0.39, 0.29) is 22.0 Å². The van der Waals surface area contributed by atoms with E-state index in [2.05, 4.69) is 10.5 Å². The van der Waals surface area contributed by atoms with E-state index in [1.54, 1.807) is 0 Å². The summed E-state index contributed by atoms with van der Waals surface area (Å²) in [5.74, 6) is -0.468. The minimum Gasteiger partial charge on any atom is -0.270 e. The summed E-state index contributed by atoms with van der Waals surface area (Å²) in [7, 11) is 0. The van der Waals surface area contributed by atoms with Gasteiger partial charge in [-0.15, -0.1) is 0 Å². The molecule has 0 atom stereocenters. The molecular formula is C11H12Cl2N2O2. The van der Waals surface area contributed by atoms with Gasteiger partial charge >= 0.3 is 0 Å². The Morgan fingerprint density at radius 3 is 2.76 bits per heavy atom. The maximum atomic E-state index is 11.7. The monoisotopic (exact) mass is 274 g/mol. The molecule has 1 fully saturated rings. The van der Waals surface area contributed by atoms with Crippen LogP contribution in [0.3, 0.4) is 0 Å². The van der Waals surface area contributed by atoms with E-state index >= 15 is 0 Å². The van der Waals surface area contributed by atoms with Crippen LogP contribution in [0.2, 0.25) is 10.2 Å². The zero-order valence-corrected chi connectivity index (χ0v) is 10.6. The zero-order chi connectivity index (χ0) is 12.3. The second-order valence-electron chi connectivity index (χ2n) is 3.92. The second-order valence-corrected chi connectivity index (χ2v) is 4.71. The van der Waals surface area contributed by atoms with Gasteiger partial charge in [-0.25, -0.2) is 10.5 Å². The molecule has 0 spiro atoms. The topological polar surface area (TPSA) is 51.2 Å². The van der Waals surface area contributed by atoms with Crippen molar-refractivity contribution in [1.29, 1.82) is 0 Å². The summed E-state index contributed by atoms with van der Waals surface area (Å²) in [5, 5.41) is 0.474. The summed E-state index contributed by atoms with van der Waals surface area (Å²) in [6, 6.07) is 3.06. The molecule has 1 aliphatic rings. The number of carbonyl (C=O) groups is 1. The lowest BCUT2D eigenvalue weighted by atomic mass is 10.3. The second kappa shape index (κ2) is 5.67. The maximum absolute atomic E-state index is 11.7. The number of hydrogen-bond acceptors (Lipinski definition) is 3. The Hall–Kier alpha value is -0.840. The van der Waals surface area contributed by atoms with Crippen LogP contribution < -0.4 is 5.48 Å². The van der Waals surface area contributed by atoms with E-state index in [1.807, 2.05) is 0 Å². The lowest BCUT2D eigenvalue weighted by Crippen LogP contribution is -2.29. The molecule has 1 heterocycles. The lowest BCUT2D eigenvalue weighted by Gasteiger charge is -2.11. The molecule has 0 unspecified atom stereocenters. The first-order valence-electron chi connectivity index (χ1n) is 5.45. The molecule has 0 aromatic carbocycles. The van der Waals surface area contributed by atoms with Gasteiger partial charge in [0.25, 0.3) is 5.91 Å². The first kappa shape index (κ1) is 12.6. The van der Waals surface area contributed by atoms with Gasteiger partial charge in [-0.1, -0.05) is 36.0 Å². The average Bonchev–Trinajstić information content (AvgIpc) is 2.82. The fraction of sp³-hybridized carbons (Fsp3) is 0.455. The van der Waals surface area contributed by atoms with Crippen molar-refractivity contribution >= 4 is 29.1 Å². The fourth-order valence-electron chi connectivity index (χ4n) is 1.77. The standard InChI is InChI=1S/C11H12Cl2N2O2/c12-8-5-6-9(13)14-10(8)11(16)15-17-7-3-1-2-4-7/h5-7H,1-4H2,(H,15,16). The van der Waals surface area contributed by atoms with Crippen molar-refractivity contribution in [3.8, 4) is 0 Å². The van der Waals surface area contributed by atoms with Gasteiger partial charge in [0.05, 0.1) is 11.1 Å². The highest BCUT2D eigenvalue weighted by atomic mass is 35.5. The van der Waals surface area contributed by atoms with Crippen molar-refractivity contribution in [3.63, 3.8) is 0 Å². The molecule has 0 radical (unpaired) electrons. The highest BCUT2D eigenvalue weighted by molar-refractivity contribution is 6.34. The first-order chi connectivity index (χ1) is 8.16. The Labute approximate surface area is 109 Å². The van der Waals surface area contributed by atoms with Crippen molar-refractivity contribution in [2.75, 3.05) is 0 Å². The summed E-state index contributed by atoms with van der Waals surface area (Å²) in [5.41, 5.74) is 2.45. The molecule has 0 saturated heterocycles. The molecule has 4 nitrogen and oxygen atoms in total. The number of nitrogens with one attached hydrogen (secondary N) is 1. The number of halogens is 2. The number of nitrogens with zero attached hydrogens (tertiary/aromatic N) is 1. The SMILES string of the molecule is O=C(NOC1CCCC1)c1nc(Cl)ccc1Cl. The van der Waals surface area contributed by atoms with E-state index in [0.717, 1.165) is 25.7 Å². The van der Waals surface area contributed by atoms with Gasteiger partial charge in [-0.3, -0.25) is 9.63 Å². The molecule has 17 heavy (non-hydrogen) atoms. The molecule has 1 amide bonds. The molecule has 92 valence electrons. The Morgan fingerprint density at radius 2 is 2.06 bits per heavy atom. The number of aromatic nitrogens is 1. The molecular weight excluding hydrogens is 263 g/mol. The number of pyridine rings is 1. The largest absolute Gasteiger partial charge is 0.295 e. The van der Waals surface area contributed by atoms with E-state index in [0.29, 0.717) is 0 Å². The van der Waals surface area contributed by atoms with Crippen molar-refractivity contribution in [1.82, 2.24) is 10.5 Å². The van der Waals surface area contributed by atoms with E-state index in [4.69, 9.17) is 28.0 Å². The molecule has 1 aliphatic carbocycles. The predicted molar refractivity (Wildman–Crippen MR) is 65.1 cm³/mol. The maximum Gasteiger partial charge on any atom is 0.295 e. The average molecular weight is 275 g/mol. The number of hydrogen-bond donors (Lipinski definition) is 1. The van der Waals surface area contributed by atoms with Crippen LogP contribution in [0.25, 0.3) is 0 Å². The molecule has 2 rings (SSSR count). The van der Waals surface area contributed by atoms with Gasteiger partial charge in [0.15, 0.2) is 5.69 Å². The van der Waals surface area contributed by atoms with Gasteiger partial charge in [0.1, 0.15) is 5.15 Å². The van der Waals surface area contributed by atoms with Crippen LogP contribution in [-0.4, -0.2) is 17.0 Å². The molecule has 0 aliphatic heterocycles. The third kappa shape index (κ3) is 3.31. The minimum absolute atomic E-state index is 0.0807. The van der Waals surface area contributed by atoms with Crippen molar-refractivity contribution in [2.45, 2.75) is 31.8 Å². The normalized spacial score (nSPS) is 16.1. The molecule has 1 aromatic heterocycles. The number of hydroxylamine groups is 1. The summed E-state index contributed by atoms with van der Waals surface area (Å²) in [4.78, 5) is 20.9. The van der Waals surface area contributed by atoms with Crippen molar-refractivity contribution in [2.24, 2.45) is 0 Å². The third-order valence-corrected chi connectivity index (χ3v) is 3.16. The number of rotatable bonds is 3. The van der Waals surface area contributed by atoms with Gasteiger partial charge in [0.2, 0.25) is 0 Å². The van der Waals surface area contributed by atoms with Crippen LogP contribution >= 0.6 is 23.2 Å². The van der Waals surface area contributed by atoms with E-state index in [1.165, 1.54) is 12.1 Å². The van der Waals surface area contributed by atoms with Gasteiger partial charge in [-0.05, 0) is 25.0 Å². The van der Waals surface area contributed by atoms with E-state index < -0.39 is 5.91 Å². The highest BCUT2D eigenvalue weighted by Gasteiger charge is 2.19. The first-order valence-corrected chi connectivity index (χ1v) is 6.20. The highest BCUT2D eigenvalue weighted by Crippen LogP contribution is 2.20. The quantitative estimate of drug-likeness (QED) is 0.681. The summed E-state index contributed by atoms with van der Waals surface area (Å²) in [6.45, 7) is 0. The zero-order valence-electron chi connectivity index (χ0n) is 9.08. The van der Waals surface area contributed by atoms with Crippen LogP contribution in [0.4, 0.5) is 0 Å². The van der Waals surface area contributed by atoms with Gasteiger partial charge in [0, 0.05) is 0 Å². The molecule has 6 heteroatoms. The Balaban J connectivity index is 1.96. The molecule has 0 bridgehead atoms. The van der Waals surface area contributed by atoms with Gasteiger partial charge in [-0.2, -0.15) is 0 Å². The predicted octanol–water partition coefficient (Wildman–Crippen LogP) is 2.99. The van der Waals surface area contributed by atoms with Crippen LogP contribution in [0.1, 0.15) is 36.2 Å². The molecule has 1 N–H and O–H groups in total. The summed E-state index contributed by atoms with van der Waals surface area (Å²) < 4.78 is 0. The summed E-state index contributed by atoms with van der Waals surface area (Å²) in [6.07, 6.45) is 4.30. The summed E-state index contributed by atoms with van der Waals surface area (Å²) >= 11 is 11.5. The number of amides is 1.